The summed E-state index contributed by atoms with van der Waals surface area (Å²) in [5, 5.41) is 4.54. The van der Waals surface area contributed by atoms with E-state index in [0.717, 1.165) is 37.4 Å². The van der Waals surface area contributed by atoms with Crippen LogP contribution in [-0.2, 0) is 22.6 Å². The molecule has 0 amide bonds. The highest BCUT2D eigenvalue weighted by molar-refractivity contribution is 5.69. The van der Waals surface area contributed by atoms with E-state index in [1.165, 1.54) is 5.56 Å². The minimum atomic E-state index is -0.243. The molecule has 2 N–H and O–H groups in total. The summed E-state index contributed by atoms with van der Waals surface area (Å²) in [6.07, 6.45) is 0.911. The maximum absolute atomic E-state index is 11.9. The fourth-order valence-corrected chi connectivity index (χ4v) is 3.38. The van der Waals surface area contributed by atoms with Gasteiger partial charge < -0.3 is 10.5 Å². The Bertz CT molecular complexity index is 592. The molecular formula is C18H32N4O2. The molecule has 1 aliphatic heterocycles. The van der Waals surface area contributed by atoms with Crippen molar-refractivity contribution in [2.24, 2.45) is 11.1 Å². The quantitative estimate of drug-likeness (QED) is 0.833. The number of likely N-dealkylation sites (tertiary alicyclic amines) is 1. The fraction of sp³-hybridized carbons (Fsp3) is 0.778. The standard InChI is InChI=1S/C18H32N4O2/c1-12(2)24-17(23)10-22-14(4)15(13(3)20-22)9-21-8-7-16(19)18(5,6)11-21/h12,16H,7-11,19H2,1-6H3. The maximum atomic E-state index is 11.9. The van der Waals surface area contributed by atoms with Crippen molar-refractivity contribution in [3.63, 3.8) is 0 Å². The number of ether oxygens (including phenoxy) is 1. The molecule has 1 aliphatic rings. The van der Waals surface area contributed by atoms with E-state index in [9.17, 15) is 4.79 Å². The second kappa shape index (κ2) is 7.23. The molecule has 136 valence electrons. The molecule has 1 aromatic rings. The largest absolute Gasteiger partial charge is 0.462 e. The van der Waals surface area contributed by atoms with Crippen LogP contribution >= 0.6 is 0 Å². The van der Waals surface area contributed by atoms with Crippen LogP contribution in [-0.4, -0.2) is 45.9 Å². The normalized spacial score (nSPS) is 21.2. The van der Waals surface area contributed by atoms with Crippen LogP contribution in [0.5, 0.6) is 0 Å². The van der Waals surface area contributed by atoms with E-state index in [4.69, 9.17) is 10.5 Å². The molecule has 1 aromatic heterocycles. The van der Waals surface area contributed by atoms with E-state index in [-0.39, 0.29) is 30.1 Å². The molecule has 1 atom stereocenters. The highest BCUT2D eigenvalue weighted by Crippen LogP contribution is 2.29. The van der Waals surface area contributed by atoms with E-state index < -0.39 is 0 Å². The predicted octanol–water partition coefficient (Wildman–Crippen LogP) is 2.01. The summed E-state index contributed by atoms with van der Waals surface area (Å²) < 4.78 is 6.98. The van der Waals surface area contributed by atoms with E-state index in [1.807, 2.05) is 27.7 Å². The monoisotopic (exact) mass is 336 g/mol. The van der Waals surface area contributed by atoms with Gasteiger partial charge in [0.05, 0.1) is 11.8 Å². The lowest BCUT2D eigenvalue weighted by molar-refractivity contribution is -0.148. The minimum Gasteiger partial charge on any atom is -0.462 e. The fourth-order valence-electron chi connectivity index (χ4n) is 3.38. The van der Waals surface area contributed by atoms with Crippen molar-refractivity contribution in [2.75, 3.05) is 13.1 Å². The maximum Gasteiger partial charge on any atom is 0.328 e. The molecular weight excluding hydrogens is 304 g/mol. The molecule has 0 aliphatic carbocycles. The Hall–Kier alpha value is -1.40. The third kappa shape index (κ3) is 4.36. The summed E-state index contributed by atoms with van der Waals surface area (Å²) in [7, 11) is 0. The molecule has 0 aromatic carbocycles. The number of carbonyl (C=O) groups excluding carboxylic acids is 1. The average Bonchev–Trinajstić information content (AvgIpc) is 2.69. The van der Waals surface area contributed by atoms with Gasteiger partial charge >= 0.3 is 5.97 Å². The summed E-state index contributed by atoms with van der Waals surface area (Å²) in [5.41, 5.74) is 9.59. The summed E-state index contributed by atoms with van der Waals surface area (Å²) in [6.45, 7) is 15.2. The van der Waals surface area contributed by atoms with Crippen LogP contribution in [0.2, 0.25) is 0 Å². The molecule has 1 saturated heterocycles. The lowest BCUT2D eigenvalue weighted by Gasteiger charge is -2.42. The zero-order chi connectivity index (χ0) is 18.1. The molecule has 6 nitrogen and oxygen atoms in total. The van der Waals surface area contributed by atoms with Gasteiger partial charge in [-0.1, -0.05) is 13.8 Å². The van der Waals surface area contributed by atoms with Crippen LogP contribution in [0.4, 0.5) is 0 Å². The Balaban J connectivity index is 2.08. The lowest BCUT2D eigenvalue weighted by atomic mass is 9.79. The Kier molecular flexibility index (Phi) is 5.71. The van der Waals surface area contributed by atoms with Crippen molar-refractivity contribution in [1.82, 2.24) is 14.7 Å². The zero-order valence-electron chi connectivity index (χ0n) is 15.9. The van der Waals surface area contributed by atoms with Gasteiger partial charge in [-0.2, -0.15) is 5.10 Å². The number of rotatable bonds is 5. The van der Waals surface area contributed by atoms with Gasteiger partial charge in [0.1, 0.15) is 6.54 Å². The van der Waals surface area contributed by atoms with Crippen molar-refractivity contribution in [3.8, 4) is 0 Å². The highest BCUT2D eigenvalue weighted by atomic mass is 16.5. The first-order valence-electron chi connectivity index (χ1n) is 8.80. The second-order valence-electron chi connectivity index (χ2n) is 7.94. The Labute approximate surface area is 145 Å². The van der Waals surface area contributed by atoms with Crippen LogP contribution in [0.25, 0.3) is 0 Å². The highest BCUT2D eigenvalue weighted by Gasteiger charge is 2.33. The van der Waals surface area contributed by atoms with Gasteiger partial charge in [0, 0.05) is 36.9 Å². The van der Waals surface area contributed by atoms with Gasteiger partial charge in [-0.05, 0) is 39.5 Å². The molecule has 0 bridgehead atoms. The number of aryl methyl sites for hydroxylation is 1. The van der Waals surface area contributed by atoms with Crippen LogP contribution in [0.3, 0.4) is 0 Å². The predicted molar refractivity (Wildman–Crippen MR) is 94.6 cm³/mol. The molecule has 1 unspecified atom stereocenters. The van der Waals surface area contributed by atoms with Gasteiger partial charge in [-0.3, -0.25) is 14.4 Å². The SMILES string of the molecule is Cc1nn(CC(=O)OC(C)C)c(C)c1CN1CCC(N)C(C)(C)C1. The van der Waals surface area contributed by atoms with Gasteiger partial charge in [0.25, 0.3) is 0 Å². The molecule has 0 spiro atoms. The third-order valence-corrected chi connectivity index (χ3v) is 4.95. The number of nitrogens with two attached hydrogens (primary N) is 1. The average molecular weight is 336 g/mol. The van der Waals surface area contributed by atoms with Crippen LogP contribution < -0.4 is 5.73 Å². The van der Waals surface area contributed by atoms with Gasteiger partial charge in [-0.15, -0.1) is 0 Å². The van der Waals surface area contributed by atoms with E-state index in [1.54, 1.807) is 4.68 Å². The Morgan fingerprint density at radius 3 is 2.67 bits per heavy atom. The summed E-state index contributed by atoms with van der Waals surface area (Å²) in [6, 6.07) is 0.254. The number of nitrogens with zero attached hydrogens (tertiary/aromatic N) is 3. The number of esters is 1. The van der Waals surface area contributed by atoms with E-state index >= 15 is 0 Å². The molecule has 0 radical (unpaired) electrons. The second-order valence-corrected chi connectivity index (χ2v) is 7.94. The first-order chi connectivity index (χ1) is 11.1. The van der Waals surface area contributed by atoms with Crippen LogP contribution in [0.1, 0.15) is 51.1 Å². The zero-order valence-corrected chi connectivity index (χ0v) is 15.9. The molecule has 1 fully saturated rings. The summed E-state index contributed by atoms with van der Waals surface area (Å²) >= 11 is 0. The molecule has 2 heterocycles. The number of hydrogen-bond acceptors (Lipinski definition) is 5. The van der Waals surface area contributed by atoms with Crippen molar-refractivity contribution in [3.05, 3.63) is 17.0 Å². The van der Waals surface area contributed by atoms with Crippen molar-refractivity contribution < 1.29 is 9.53 Å². The van der Waals surface area contributed by atoms with Gasteiger partial charge in [-0.25, -0.2) is 0 Å². The van der Waals surface area contributed by atoms with Crippen molar-refractivity contribution in [2.45, 2.75) is 73.2 Å². The topological polar surface area (TPSA) is 73.4 Å². The first kappa shape index (κ1) is 18.9. The number of piperidine rings is 1. The molecule has 24 heavy (non-hydrogen) atoms. The minimum absolute atomic E-state index is 0.103. The number of carbonyl (C=O) groups is 1. The molecule has 0 saturated carbocycles. The summed E-state index contributed by atoms with van der Waals surface area (Å²) in [4.78, 5) is 14.3. The van der Waals surface area contributed by atoms with Crippen molar-refractivity contribution >= 4 is 5.97 Å². The van der Waals surface area contributed by atoms with Crippen LogP contribution in [0, 0.1) is 19.3 Å². The summed E-state index contributed by atoms with van der Waals surface area (Å²) in [5.74, 6) is -0.243. The molecule has 2 rings (SSSR count). The van der Waals surface area contributed by atoms with E-state index in [0.29, 0.717) is 0 Å². The Morgan fingerprint density at radius 1 is 1.42 bits per heavy atom. The smallest absolute Gasteiger partial charge is 0.328 e. The van der Waals surface area contributed by atoms with E-state index in [2.05, 4.69) is 23.8 Å². The lowest BCUT2D eigenvalue weighted by Crippen LogP contribution is -2.52. The number of hydrogen-bond donors (Lipinski definition) is 1. The number of aromatic nitrogens is 2. The molecule has 6 heteroatoms. The Morgan fingerprint density at radius 2 is 2.08 bits per heavy atom. The van der Waals surface area contributed by atoms with Gasteiger partial charge in [0.15, 0.2) is 0 Å². The third-order valence-electron chi connectivity index (χ3n) is 4.95. The van der Waals surface area contributed by atoms with Crippen LogP contribution in [0.15, 0.2) is 0 Å². The first-order valence-corrected chi connectivity index (χ1v) is 8.80. The van der Waals surface area contributed by atoms with Gasteiger partial charge in [0.2, 0.25) is 0 Å². The van der Waals surface area contributed by atoms with Crippen molar-refractivity contribution in [1.29, 1.82) is 0 Å².